The Balaban J connectivity index is 1.72. The van der Waals surface area contributed by atoms with Gasteiger partial charge in [-0.05, 0) is 24.3 Å². The minimum Gasteiger partial charge on any atom is -0.454 e. The average molecular weight is 392 g/mol. The van der Waals surface area contributed by atoms with Crippen LogP contribution in [-0.4, -0.2) is 20.9 Å². The second-order valence-electron chi connectivity index (χ2n) is 5.25. The van der Waals surface area contributed by atoms with E-state index in [1.807, 2.05) is 18.2 Å². The van der Waals surface area contributed by atoms with Crippen LogP contribution in [-0.2, 0) is 11.3 Å². The predicted molar refractivity (Wildman–Crippen MR) is 94.5 cm³/mol. The second kappa shape index (κ2) is 7.92. The van der Waals surface area contributed by atoms with E-state index >= 15 is 0 Å². The summed E-state index contributed by atoms with van der Waals surface area (Å²) in [5, 5.41) is 2.65. The summed E-state index contributed by atoms with van der Waals surface area (Å²) >= 11 is 5.74. The maximum atomic E-state index is 13.3. The first-order chi connectivity index (χ1) is 12.9. The highest BCUT2D eigenvalue weighted by atomic mass is 35.5. The summed E-state index contributed by atoms with van der Waals surface area (Å²) in [6.45, 7) is -0.371. The maximum Gasteiger partial charge on any atom is 0.340 e. The number of rotatable bonds is 5. The van der Waals surface area contributed by atoms with Gasteiger partial charge in [-0.1, -0.05) is 29.8 Å². The van der Waals surface area contributed by atoms with E-state index in [1.165, 1.54) is 0 Å². The quantitative estimate of drug-likeness (QED) is 0.507. The lowest BCUT2D eigenvalue weighted by molar-refractivity contribution is 0.0461. The molecule has 0 saturated carbocycles. The van der Waals surface area contributed by atoms with Gasteiger partial charge in [0.25, 0.3) is 0 Å². The van der Waals surface area contributed by atoms with Crippen molar-refractivity contribution >= 4 is 35.2 Å². The molecule has 2 aromatic carbocycles. The van der Waals surface area contributed by atoms with Gasteiger partial charge >= 0.3 is 5.97 Å². The lowest BCUT2D eigenvalue weighted by Crippen LogP contribution is -2.12. The van der Waals surface area contributed by atoms with Crippen LogP contribution in [0.5, 0.6) is 0 Å². The third-order valence-electron chi connectivity index (χ3n) is 3.29. The van der Waals surface area contributed by atoms with Gasteiger partial charge in [-0.15, -0.1) is 0 Å². The molecule has 3 aromatic rings. The van der Waals surface area contributed by atoms with Crippen LogP contribution in [0.3, 0.4) is 0 Å². The number of benzene rings is 2. The van der Waals surface area contributed by atoms with Gasteiger partial charge in [0.05, 0.1) is 10.6 Å². The van der Waals surface area contributed by atoms with Crippen molar-refractivity contribution in [2.45, 2.75) is 6.61 Å². The van der Waals surface area contributed by atoms with Crippen LogP contribution in [0.15, 0.2) is 42.5 Å². The number of nitrogen functional groups attached to an aromatic ring is 1. The number of para-hydroxylation sites is 1. The minimum atomic E-state index is -1.22. The maximum absolute atomic E-state index is 13.3. The van der Waals surface area contributed by atoms with Crippen LogP contribution in [0.2, 0.25) is 5.02 Å². The van der Waals surface area contributed by atoms with Gasteiger partial charge in [0.15, 0.2) is 24.1 Å². The van der Waals surface area contributed by atoms with E-state index in [0.717, 1.165) is 5.69 Å². The molecular formula is C17H12ClF2N5O2. The standard InChI is InChI=1S/C17H12ClF2N5O2/c18-11-7-13(20)12(19)6-10(11)15(26)27-8-14-23-16(21)25-17(24-14)22-9-4-2-1-3-5-9/h1-7H,8H2,(H3,21,22,23,24,25). The first kappa shape index (κ1) is 18.5. The SMILES string of the molecule is Nc1nc(COC(=O)c2cc(F)c(F)cc2Cl)nc(Nc2ccccc2)n1. The number of carbonyl (C=O) groups is 1. The Kier molecular flexibility index (Phi) is 5.41. The molecule has 138 valence electrons. The van der Waals surface area contributed by atoms with Crippen molar-refractivity contribution < 1.29 is 18.3 Å². The number of hydrogen-bond acceptors (Lipinski definition) is 7. The van der Waals surface area contributed by atoms with Crippen LogP contribution >= 0.6 is 11.6 Å². The van der Waals surface area contributed by atoms with Crippen LogP contribution < -0.4 is 11.1 Å². The van der Waals surface area contributed by atoms with Crippen LogP contribution in [0.25, 0.3) is 0 Å². The van der Waals surface area contributed by atoms with Crippen molar-refractivity contribution in [2.75, 3.05) is 11.1 Å². The Morgan fingerprint density at radius 1 is 1.11 bits per heavy atom. The molecule has 0 unspecified atom stereocenters. The highest BCUT2D eigenvalue weighted by Crippen LogP contribution is 2.21. The Morgan fingerprint density at radius 3 is 2.56 bits per heavy atom. The fourth-order valence-electron chi connectivity index (χ4n) is 2.10. The zero-order valence-corrected chi connectivity index (χ0v) is 14.4. The second-order valence-corrected chi connectivity index (χ2v) is 5.65. The molecule has 0 spiro atoms. The molecule has 27 heavy (non-hydrogen) atoms. The van der Waals surface area contributed by atoms with Gasteiger partial charge in [0.1, 0.15) is 0 Å². The molecule has 3 rings (SSSR count). The van der Waals surface area contributed by atoms with Crippen LogP contribution in [0.4, 0.5) is 26.4 Å². The zero-order valence-electron chi connectivity index (χ0n) is 13.6. The molecule has 1 aromatic heterocycles. The van der Waals surface area contributed by atoms with Crippen molar-refractivity contribution in [3.63, 3.8) is 0 Å². The van der Waals surface area contributed by atoms with E-state index in [0.29, 0.717) is 12.1 Å². The van der Waals surface area contributed by atoms with E-state index in [2.05, 4.69) is 20.3 Å². The molecule has 0 saturated heterocycles. The molecule has 0 fully saturated rings. The van der Waals surface area contributed by atoms with Gasteiger partial charge in [0.2, 0.25) is 11.9 Å². The fourth-order valence-corrected chi connectivity index (χ4v) is 2.32. The summed E-state index contributed by atoms with van der Waals surface area (Å²) in [5.74, 6) is -3.21. The van der Waals surface area contributed by atoms with Gasteiger partial charge in [-0.2, -0.15) is 15.0 Å². The first-order valence-corrected chi connectivity index (χ1v) is 7.94. The molecule has 0 atom stereocenters. The molecule has 0 radical (unpaired) electrons. The van der Waals surface area contributed by atoms with Crippen molar-refractivity contribution in [1.82, 2.24) is 15.0 Å². The molecule has 0 aliphatic heterocycles. The summed E-state index contributed by atoms with van der Waals surface area (Å²) < 4.78 is 31.4. The van der Waals surface area contributed by atoms with Crippen molar-refractivity contribution in [1.29, 1.82) is 0 Å². The highest BCUT2D eigenvalue weighted by Gasteiger charge is 2.17. The number of esters is 1. The number of ether oxygens (including phenoxy) is 1. The molecule has 0 amide bonds. The Hall–Kier alpha value is -3.33. The molecule has 7 nitrogen and oxygen atoms in total. The number of halogens is 3. The lowest BCUT2D eigenvalue weighted by Gasteiger charge is -2.09. The average Bonchev–Trinajstić information content (AvgIpc) is 2.63. The van der Waals surface area contributed by atoms with Crippen LogP contribution in [0, 0.1) is 11.6 Å². The van der Waals surface area contributed by atoms with Gasteiger partial charge in [-0.25, -0.2) is 13.6 Å². The number of aromatic nitrogens is 3. The first-order valence-electron chi connectivity index (χ1n) is 7.56. The third kappa shape index (κ3) is 4.64. The predicted octanol–water partition coefficient (Wildman–Crippen LogP) is 3.49. The van der Waals surface area contributed by atoms with Gasteiger partial charge in [-0.3, -0.25) is 0 Å². The highest BCUT2D eigenvalue weighted by molar-refractivity contribution is 6.33. The van der Waals surface area contributed by atoms with Crippen LogP contribution in [0.1, 0.15) is 16.2 Å². The smallest absolute Gasteiger partial charge is 0.340 e. The molecule has 0 bridgehead atoms. The normalized spacial score (nSPS) is 10.5. The van der Waals surface area contributed by atoms with E-state index < -0.39 is 17.6 Å². The molecule has 10 heteroatoms. The van der Waals surface area contributed by atoms with E-state index in [4.69, 9.17) is 22.1 Å². The summed E-state index contributed by atoms with van der Waals surface area (Å²) in [6.07, 6.45) is 0. The van der Waals surface area contributed by atoms with Crippen molar-refractivity contribution in [2.24, 2.45) is 0 Å². The fraction of sp³-hybridized carbons (Fsp3) is 0.0588. The van der Waals surface area contributed by atoms with Crippen molar-refractivity contribution in [3.8, 4) is 0 Å². The zero-order chi connectivity index (χ0) is 19.4. The number of carbonyl (C=O) groups excluding carboxylic acids is 1. The topological polar surface area (TPSA) is 103 Å². The molecule has 0 aliphatic rings. The Labute approximate surface area is 157 Å². The monoisotopic (exact) mass is 391 g/mol. The molecule has 1 heterocycles. The number of hydrogen-bond donors (Lipinski definition) is 2. The summed E-state index contributed by atoms with van der Waals surface area (Å²) in [5.41, 5.74) is 6.04. The molecule has 0 aliphatic carbocycles. The number of nitrogens with two attached hydrogens (primary N) is 1. The van der Waals surface area contributed by atoms with Gasteiger partial charge < -0.3 is 15.8 Å². The van der Waals surface area contributed by atoms with E-state index in [9.17, 15) is 13.6 Å². The number of nitrogens with zero attached hydrogens (tertiary/aromatic N) is 3. The molecular weight excluding hydrogens is 380 g/mol. The number of nitrogens with one attached hydrogen (secondary N) is 1. The summed E-state index contributed by atoms with van der Waals surface area (Å²) in [7, 11) is 0. The molecule has 3 N–H and O–H groups in total. The van der Waals surface area contributed by atoms with Crippen molar-refractivity contribution in [3.05, 3.63) is 70.5 Å². The van der Waals surface area contributed by atoms with Gasteiger partial charge in [0, 0.05) is 5.69 Å². The van der Waals surface area contributed by atoms with E-state index in [-0.39, 0.29) is 34.9 Å². The summed E-state index contributed by atoms with van der Waals surface area (Å²) in [6, 6.07) is 10.4. The Morgan fingerprint density at radius 2 is 1.81 bits per heavy atom. The summed E-state index contributed by atoms with van der Waals surface area (Å²) in [4.78, 5) is 23.9. The minimum absolute atomic E-state index is 0.0630. The number of anilines is 3. The lowest BCUT2D eigenvalue weighted by atomic mass is 10.2. The largest absolute Gasteiger partial charge is 0.454 e. The Bertz CT molecular complexity index is 989. The van der Waals surface area contributed by atoms with E-state index in [1.54, 1.807) is 12.1 Å². The third-order valence-corrected chi connectivity index (χ3v) is 3.60.